The number of aromatic amines is 1. The van der Waals surface area contributed by atoms with Crippen LogP contribution in [0.15, 0.2) is 23.0 Å². The van der Waals surface area contributed by atoms with E-state index in [0.29, 0.717) is 15.9 Å². The van der Waals surface area contributed by atoms with Gasteiger partial charge in [-0.05, 0) is 12.1 Å². The molecule has 0 radical (unpaired) electrons. The van der Waals surface area contributed by atoms with Crippen LogP contribution in [-0.2, 0) is 0 Å². The Labute approximate surface area is 72.2 Å². The van der Waals surface area contributed by atoms with Crippen molar-refractivity contribution in [3.05, 3.63) is 33.6 Å². The van der Waals surface area contributed by atoms with E-state index in [-0.39, 0.29) is 5.56 Å². The van der Waals surface area contributed by atoms with Crippen molar-refractivity contribution in [3.63, 3.8) is 0 Å². The summed E-state index contributed by atoms with van der Waals surface area (Å²) in [6, 6.07) is 5.01. The van der Waals surface area contributed by atoms with E-state index in [2.05, 4.69) is 15.4 Å². The highest BCUT2D eigenvalue weighted by Crippen LogP contribution is 2.16. The first-order valence-corrected chi connectivity index (χ1v) is 3.66. The number of benzene rings is 1. The van der Waals surface area contributed by atoms with Crippen LogP contribution in [0, 0.1) is 0 Å². The molecule has 0 fully saturated rings. The Kier molecular flexibility index (Phi) is 1.55. The molecule has 4 nitrogen and oxygen atoms in total. The van der Waals surface area contributed by atoms with Gasteiger partial charge in [-0.3, -0.25) is 4.79 Å². The molecule has 0 saturated carbocycles. The quantitative estimate of drug-likeness (QED) is 0.659. The van der Waals surface area contributed by atoms with Crippen LogP contribution in [0.25, 0.3) is 10.9 Å². The number of rotatable bonds is 0. The van der Waals surface area contributed by atoms with Crippen molar-refractivity contribution in [2.45, 2.75) is 0 Å². The lowest BCUT2D eigenvalue weighted by Gasteiger charge is -1.94. The highest BCUT2D eigenvalue weighted by atomic mass is 35.5. The van der Waals surface area contributed by atoms with Gasteiger partial charge in [0.1, 0.15) is 5.52 Å². The average molecular weight is 182 g/mol. The molecule has 1 N–H and O–H groups in total. The summed E-state index contributed by atoms with van der Waals surface area (Å²) in [5.74, 6) is 0. The maximum Gasteiger partial charge on any atom is 0.275 e. The number of halogens is 1. The summed E-state index contributed by atoms with van der Waals surface area (Å²) in [6.45, 7) is 0. The summed E-state index contributed by atoms with van der Waals surface area (Å²) in [7, 11) is 0. The number of aromatic nitrogens is 3. The fourth-order valence-electron chi connectivity index (χ4n) is 0.981. The first kappa shape index (κ1) is 7.24. The van der Waals surface area contributed by atoms with Crippen LogP contribution >= 0.6 is 11.6 Å². The van der Waals surface area contributed by atoms with Crippen molar-refractivity contribution in [1.82, 2.24) is 15.4 Å². The molecule has 0 amide bonds. The van der Waals surface area contributed by atoms with Crippen LogP contribution in [0.1, 0.15) is 0 Å². The number of fused-ring (bicyclic) bond motifs is 1. The van der Waals surface area contributed by atoms with Gasteiger partial charge in [-0.25, -0.2) is 5.10 Å². The standard InChI is InChI=1S/C7H4ClN3O/c8-5-3-1-2-4-6(5)9-11-10-7(4)12/h1-3H,(H,9,10,12). The van der Waals surface area contributed by atoms with E-state index >= 15 is 0 Å². The minimum atomic E-state index is -0.275. The Balaban J connectivity index is 3.05. The van der Waals surface area contributed by atoms with Crippen molar-refractivity contribution in [2.24, 2.45) is 0 Å². The minimum absolute atomic E-state index is 0.275. The van der Waals surface area contributed by atoms with E-state index in [1.165, 1.54) is 0 Å². The Bertz CT molecular complexity index is 479. The third kappa shape index (κ3) is 0.967. The molecule has 0 aliphatic rings. The van der Waals surface area contributed by atoms with Crippen molar-refractivity contribution >= 4 is 22.5 Å². The summed E-state index contributed by atoms with van der Waals surface area (Å²) in [4.78, 5) is 11.1. The lowest BCUT2D eigenvalue weighted by molar-refractivity contribution is 0.872. The zero-order valence-electron chi connectivity index (χ0n) is 5.91. The maximum atomic E-state index is 11.1. The highest BCUT2D eigenvalue weighted by Gasteiger charge is 2.02. The first-order valence-electron chi connectivity index (χ1n) is 3.28. The molecular weight excluding hydrogens is 178 g/mol. The van der Waals surface area contributed by atoms with Crippen LogP contribution in [0.2, 0.25) is 5.02 Å². The Morgan fingerprint density at radius 1 is 1.42 bits per heavy atom. The molecule has 0 spiro atoms. The van der Waals surface area contributed by atoms with E-state index in [1.807, 2.05) is 0 Å². The second-order valence-electron chi connectivity index (χ2n) is 2.28. The van der Waals surface area contributed by atoms with Gasteiger partial charge in [0.2, 0.25) is 0 Å². The van der Waals surface area contributed by atoms with Gasteiger partial charge in [-0.2, -0.15) is 0 Å². The number of hydrogen-bond acceptors (Lipinski definition) is 3. The molecule has 0 atom stereocenters. The van der Waals surface area contributed by atoms with Crippen molar-refractivity contribution in [2.75, 3.05) is 0 Å². The van der Waals surface area contributed by atoms with Gasteiger partial charge in [-0.15, -0.1) is 5.10 Å². The molecule has 0 saturated heterocycles. The molecule has 0 bridgehead atoms. The van der Waals surface area contributed by atoms with Crippen molar-refractivity contribution in [3.8, 4) is 0 Å². The number of nitrogens with zero attached hydrogens (tertiary/aromatic N) is 2. The van der Waals surface area contributed by atoms with Gasteiger partial charge in [-0.1, -0.05) is 22.9 Å². The van der Waals surface area contributed by atoms with Crippen LogP contribution in [-0.4, -0.2) is 15.4 Å². The molecule has 0 aliphatic carbocycles. The molecule has 0 aliphatic heterocycles. The third-order valence-corrected chi connectivity index (χ3v) is 1.84. The molecule has 5 heteroatoms. The first-order chi connectivity index (χ1) is 5.79. The molecular formula is C7H4ClN3O. The van der Waals surface area contributed by atoms with Gasteiger partial charge in [0.15, 0.2) is 0 Å². The smallest absolute Gasteiger partial charge is 0.267 e. The van der Waals surface area contributed by atoms with Crippen LogP contribution < -0.4 is 5.56 Å². The zero-order valence-corrected chi connectivity index (χ0v) is 6.67. The summed E-state index contributed by atoms with van der Waals surface area (Å²) >= 11 is 5.77. The minimum Gasteiger partial charge on any atom is -0.267 e. The van der Waals surface area contributed by atoms with Crippen molar-refractivity contribution < 1.29 is 0 Å². The summed E-state index contributed by atoms with van der Waals surface area (Å²) in [6.07, 6.45) is 0. The fraction of sp³-hybridized carbons (Fsp3) is 0. The summed E-state index contributed by atoms with van der Waals surface area (Å²) < 4.78 is 0. The lowest BCUT2D eigenvalue weighted by Crippen LogP contribution is -2.09. The fourth-order valence-corrected chi connectivity index (χ4v) is 1.19. The summed E-state index contributed by atoms with van der Waals surface area (Å²) in [5, 5.41) is 10.2. The second kappa shape index (κ2) is 2.57. The number of nitrogens with one attached hydrogen (secondary N) is 1. The average Bonchev–Trinajstić information content (AvgIpc) is 2.07. The lowest BCUT2D eigenvalue weighted by atomic mass is 10.2. The topological polar surface area (TPSA) is 58.6 Å². The van der Waals surface area contributed by atoms with Crippen LogP contribution in [0.3, 0.4) is 0 Å². The Hall–Kier alpha value is -1.42. The monoisotopic (exact) mass is 181 g/mol. The van der Waals surface area contributed by atoms with Crippen LogP contribution in [0.5, 0.6) is 0 Å². The zero-order chi connectivity index (χ0) is 8.55. The molecule has 2 aromatic rings. The molecule has 1 aromatic heterocycles. The summed E-state index contributed by atoms with van der Waals surface area (Å²) in [5.41, 5.74) is 0.158. The number of hydrogen-bond donors (Lipinski definition) is 1. The SMILES string of the molecule is O=c1[nH]nnc2c(Cl)cccc12. The van der Waals surface area contributed by atoms with Crippen molar-refractivity contribution in [1.29, 1.82) is 0 Å². The molecule has 1 heterocycles. The van der Waals surface area contributed by atoms with E-state index < -0.39 is 0 Å². The molecule has 2 rings (SSSR count). The van der Waals surface area contributed by atoms with Gasteiger partial charge >= 0.3 is 0 Å². The van der Waals surface area contributed by atoms with Gasteiger partial charge in [0.25, 0.3) is 5.56 Å². The van der Waals surface area contributed by atoms with E-state index in [9.17, 15) is 4.79 Å². The normalized spacial score (nSPS) is 10.4. The van der Waals surface area contributed by atoms with E-state index in [1.54, 1.807) is 18.2 Å². The molecule has 12 heavy (non-hydrogen) atoms. The van der Waals surface area contributed by atoms with Gasteiger partial charge < -0.3 is 0 Å². The number of H-pyrrole nitrogens is 1. The molecule has 0 unspecified atom stereocenters. The van der Waals surface area contributed by atoms with E-state index in [0.717, 1.165) is 0 Å². The van der Waals surface area contributed by atoms with Gasteiger partial charge in [0.05, 0.1) is 10.4 Å². The van der Waals surface area contributed by atoms with Crippen LogP contribution in [0.4, 0.5) is 0 Å². The molecule has 60 valence electrons. The Morgan fingerprint density at radius 2 is 2.25 bits per heavy atom. The van der Waals surface area contributed by atoms with E-state index in [4.69, 9.17) is 11.6 Å². The van der Waals surface area contributed by atoms with Gasteiger partial charge in [0, 0.05) is 0 Å². The third-order valence-electron chi connectivity index (χ3n) is 1.53. The predicted molar refractivity (Wildman–Crippen MR) is 45.2 cm³/mol. The predicted octanol–water partition coefficient (Wildman–Crippen LogP) is 0.971. The Morgan fingerprint density at radius 3 is 3.00 bits per heavy atom. The molecule has 1 aromatic carbocycles. The second-order valence-corrected chi connectivity index (χ2v) is 2.68. The largest absolute Gasteiger partial charge is 0.275 e. The highest BCUT2D eigenvalue weighted by molar-refractivity contribution is 6.34. The maximum absolute atomic E-state index is 11.1.